The minimum Gasteiger partial charge on any atom is -0.396 e. The number of nitrogens with one attached hydrogen (secondary N) is 1. The zero-order chi connectivity index (χ0) is 10.2. The van der Waals surface area contributed by atoms with E-state index in [1.807, 2.05) is 6.08 Å². The summed E-state index contributed by atoms with van der Waals surface area (Å²) in [6, 6.07) is 0.494. The fourth-order valence-electron chi connectivity index (χ4n) is 2.06. The van der Waals surface area contributed by atoms with Crippen LogP contribution in [-0.4, -0.2) is 30.2 Å². The summed E-state index contributed by atoms with van der Waals surface area (Å²) in [5.74, 6) is 1.03. The molecule has 3 heteroatoms. The monoisotopic (exact) mass is 217 g/mol. The Morgan fingerprint density at radius 1 is 1.29 bits per heavy atom. The van der Waals surface area contributed by atoms with Gasteiger partial charge in [0.2, 0.25) is 0 Å². The second kappa shape index (κ2) is 7.27. The molecule has 0 aliphatic heterocycles. The summed E-state index contributed by atoms with van der Waals surface area (Å²) in [5.41, 5.74) is 0. The Hall–Kier alpha value is -0.0500. The molecule has 1 aliphatic rings. The van der Waals surface area contributed by atoms with E-state index in [9.17, 15) is 5.11 Å². The van der Waals surface area contributed by atoms with Gasteiger partial charge in [-0.25, -0.2) is 0 Å². The predicted molar refractivity (Wildman–Crippen MR) is 60.7 cm³/mol. The molecule has 1 fully saturated rings. The molecule has 2 unspecified atom stereocenters. The summed E-state index contributed by atoms with van der Waals surface area (Å²) in [4.78, 5) is 0. The van der Waals surface area contributed by atoms with Gasteiger partial charge in [0, 0.05) is 25.1 Å². The van der Waals surface area contributed by atoms with Gasteiger partial charge in [-0.15, -0.1) is 11.6 Å². The van der Waals surface area contributed by atoms with Gasteiger partial charge < -0.3 is 10.4 Å². The fourth-order valence-corrected chi connectivity index (χ4v) is 2.19. The first-order valence-corrected chi connectivity index (χ1v) is 5.97. The van der Waals surface area contributed by atoms with Crippen LogP contribution in [0.25, 0.3) is 0 Å². The van der Waals surface area contributed by atoms with E-state index >= 15 is 0 Å². The molecule has 0 aromatic heterocycles. The van der Waals surface area contributed by atoms with E-state index in [4.69, 9.17) is 11.6 Å². The number of aliphatic hydroxyl groups is 1. The molecule has 0 amide bonds. The topological polar surface area (TPSA) is 32.3 Å². The van der Waals surface area contributed by atoms with Crippen LogP contribution in [-0.2, 0) is 0 Å². The van der Waals surface area contributed by atoms with Crippen molar-refractivity contribution in [3.8, 4) is 0 Å². The molecule has 2 atom stereocenters. The minimum absolute atomic E-state index is 0.316. The van der Waals surface area contributed by atoms with Crippen LogP contribution >= 0.6 is 11.6 Å². The molecule has 0 aromatic carbocycles. The molecule has 82 valence electrons. The second-order valence-electron chi connectivity index (χ2n) is 3.87. The first kappa shape index (κ1) is 12.0. The van der Waals surface area contributed by atoms with Gasteiger partial charge in [0.15, 0.2) is 0 Å². The van der Waals surface area contributed by atoms with E-state index in [0.29, 0.717) is 24.4 Å². The van der Waals surface area contributed by atoms with Gasteiger partial charge >= 0.3 is 0 Å². The maximum Gasteiger partial charge on any atom is 0.0474 e. The first-order valence-electron chi connectivity index (χ1n) is 5.43. The van der Waals surface area contributed by atoms with E-state index in [0.717, 1.165) is 13.0 Å². The predicted octanol–water partition coefficient (Wildman–Crippen LogP) is 1.92. The van der Waals surface area contributed by atoms with E-state index in [-0.39, 0.29) is 0 Å². The highest BCUT2D eigenvalue weighted by molar-refractivity contribution is 6.18. The second-order valence-corrected chi connectivity index (χ2v) is 4.18. The minimum atomic E-state index is 0.316. The molecule has 0 heterocycles. The summed E-state index contributed by atoms with van der Waals surface area (Å²) < 4.78 is 0. The van der Waals surface area contributed by atoms with Crippen LogP contribution in [0.15, 0.2) is 12.2 Å². The van der Waals surface area contributed by atoms with Crippen molar-refractivity contribution >= 4 is 11.6 Å². The Bertz CT molecular complexity index is 173. The summed E-state index contributed by atoms with van der Waals surface area (Å²) >= 11 is 5.52. The first-order chi connectivity index (χ1) is 6.88. The largest absolute Gasteiger partial charge is 0.396 e. The standard InChI is InChI=1S/C11H20ClNO/c12-7-3-4-8-13-11-6-2-1-5-10(11)9-14/h3-4,10-11,13-14H,1-2,5-9H2/b4-3+. The molecule has 1 rings (SSSR count). The van der Waals surface area contributed by atoms with Crippen molar-refractivity contribution in [1.29, 1.82) is 0 Å². The van der Waals surface area contributed by atoms with Crippen LogP contribution in [0.1, 0.15) is 25.7 Å². The normalized spacial score (nSPS) is 28.4. The Labute approximate surface area is 91.3 Å². The lowest BCUT2D eigenvalue weighted by Gasteiger charge is -2.30. The maximum absolute atomic E-state index is 9.19. The number of halogens is 1. The molecule has 2 nitrogen and oxygen atoms in total. The Balaban J connectivity index is 2.22. The number of hydrogen-bond donors (Lipinski definition) is 2. The van der Waals surface area contributed by atoms with Crippen molar-refractivity contribution in [3.05, 3.63) is 12.2 Å². The Morgan fingerprint density at radius 3 is 2.79 bits per heavy atom. The molecule has 0 spiro atoms. The van der Waals surface area contributed by atoms with Gasteiger partial charge in [-0.3, -0.25) is 0 Å². The highest BCUT2D eigenvalue weighted by atomic mass is 35.5. The van der Waals surface area contributed by atoms with Crippen LogP contribution in [0.2, 0.25) is 0 Å². The van der Waals surface area contributed by atoms with Gasteiger partial charge in [-0.05, 0) is 18.8 Å². The van der Waals surface area contributed by atoms with Crippen LogP contribution < -0.4 is 5.32 Å². The SMILES string of the molecule is OCC1CCCCC1NC/C=C/CCl. The van der Waals surface area contributed by atoms with Crippen LogP contribution in [0.5, 0.6) is 0 Å². The van der Waals surface area contributed by atoms with Crippen molar-refractivity contribution < 1.29 is 5.11 Å². The van der Waals surface area contributed by atoms with Crippen LogP contribution in [0.3, 0.4) is 0 Å². The van der Waals surface area contributed by atoms with Crippen LogP contribution in [0.4, 0.5) is 0 Å². The lowest BCUT2D eigenvalue weighted by atomic mass is 9.85. The highest BCUT2D eigenvalue weighted by Gasteiger charge is 2.23. The molecule has 0 radical (unpaired) electrons. The fraction of sp³-hybridized carbons (Fsp3) is 0.818. The van der Waals surface area contributed by atoms with Gasteiger partial charge in [-0.2, -0.15) is 0 Å². The highest BCUT2D eigenvalue weighted by Crippen LogP contribution is 2.23. The average Bonchev–Trinajstić information content (AvgIpc) is 2.25. The van der Waals surface area contributed by atoms with Crippen molar-refractivity contribution in [2.45, 2.75) is 31.7 Å². The Morgan fingerprint density at radius 2 is 2.07 bits per heavy atom. The zero-order valence-corrected chi connectivity index (χ0v) is 9.34. The lowest BCUT2D eigenvalue weighted by Crippen LogP contribution is -2.40. The summed E-state index contributed by atoms with van der Waals surface area (Å²) in [7, 11) is 0. The molecule has 1 aliphatic carbocycles. The smallest absolute Gasteiger partial charge is 0.0474 e. The summed E-state index contributed by atoms with van der Waals surface area (Å²) in [6.07, 6.45) is 8.91. The lowest BCUT2D eigenvalue weighted by molar-refractivity contribution is 0.155. The molecular weight excluding hydrogens is 198 g/mol. The van der Waals surface area contributed by atoms with E-state index in [1.165, 1.54) is 19.3 Å². The molecular formula is C11H20ClNO. The number of alkyl halides is 1. The van der Waals surface area contributed by atoms with Crippen molar-refractivity contribution in [2.24, 2.45) is 5.92 Å². The van der Waals surface area contributed by atoms with Gasteiger partial charge in [0.25, 0.3) is 0 Å². The van der Waals surface area contributed by atoms with E-state index in [2.05, 4.69) is 11.4 Å². The maximum atomic E-state index is 9.19. The third-order valence-corrected chi connectivity index (χ3v) is 3.08. The molecule has 0 bridgehead atoms. The molecule has 1 saturated carbocycles. The van der Waals surface area contributed by atoms with Crippen LogP contribution in [0, 0.1) is 5.92 Å². The average molecular weight is 218 g/mol. The van der Waals surface area contributed by atoms with E-state index in [1.54, 1.807) is 0 Å². The van der Waals surface area contributed by atoms with Gasteiger partial charge in [0.05, 0.1) is 0 Å². The van der Waals surface area contributed by atoms with Gasteiger partial charge in [-0.1, -0.05) is 25.0 Å². The number of allylic oxidation sites excluding steroid dienone is 1. The van der Waals surface area contributed by atoms with Crippen molar-refractivity contribution in [3.63, 3.8) is 0 Å². The summed E-state index contributed by atoms with van der Waals surface area (Å²) in [5, 5.41) is 12.6. The van der Waals surface area contributed by atoms with E-state index < -0.39 is 0 Å². The molecule has 0 saturated heterocycles. The molecule has 2 N–H and O–H groups in total. The summed E-state index contributed by atoms with van der Waals surface area (Å²) in [6.45, 7) is 1.19. The number of aliphatic hydroxyl groups excluding tert-OH is 1. The third-order valence-electron chi connectivity index (χ3n) is 2.90. The number of hydrogen-bond acceptors (Lipinski definition) is 2. The quantitative estimate of drug-likeness (QED) is 0.545. The van der Waals surface area contributed by atoms with Crippen molar-refractivity contribution in [2.75, 3.05) is 19.0 Å². The third kappa shape index (κ3) is 3.99. The molecule has 14 heavy (non-hydrogen) atoms. The molecule has 0 aromatic rings. The zero-order valence-electron chi connectivity index (χ0n) is 8.58. The Kier molecular flexibility index (Phi) is 6.24. The number of rotatable bonds is 5. The van der Waals surface area contributed by atoms with Gasteiger partial charge in [0.1, 0.15) is 0 Å². The van der Waals surface area contributed by atoms with Crippen molar-refractivity contribution in [1.82, 2.24) is 5.32 Å².